The van der Waals surface area contributed by atoms with E-state index in [9.17, 15) is 14.7 Å². The first-order valence-corrected chi connectivity index (χ1v) is 10.1. The molecule has 0 amide bonds. The summed E-state index contributed by atoms with van der Waals surface area (Å²) in [6.45, 7) is 2.00. The lowest BCUT2D eigenvalue weighted by Gasteiger charge is -2.45. The lowest BCUT2D eigenvalue weighted by atomic mass is 9.78. The molecule has 3 heterocycles. The minimum atomic E-state index is -1.41. The van der Waals surface area contributed by atoms with Crippen LogP contribution in [0, 0.1) is 17.0 Å². The second-order valence-electron chi connectivity index (χ2n) is 8.76. The second-order valence-corrected chi connectivity index (χ2v) is 8.76. The van der Waals surface area contributed by atoms with Crippen LogP contribution in [-0.2, 0) is 4.84 Å². The predicted octanol–water partition coefficient (Wildman–Crippen LogP) is 2.07. The van der Waals surface area contributed by atoms with Crippen molar-refractivity contribution in [1.82, 2.24) is 9.47 Å². The van der Waals surface area contributed by atoms with Gasteiger partial charge in [-0.1, -0.05) is 5.16 Å². The van der Waals surface area contributed by atoms with E-state index in [4.69, 9.17) is 4.84 Å². The number of nitrogens with zero attached hydrogens (tertiary/aromatic N) is 4. The Kier molecular flexibility index (Phi) is 4.34. The normalized spacial score (nSPS) is 21.8. The SMILES string of the molecule is CO/N=C1\CN(c2c(F)cc3c(=O)c(C(=O)O)cn(C4CC4)c3c2F)CC12CN(C)C2. The molecule has 0 bridgehead atoms. The van der Waals surface area contributed by atoms with Gasteiger partial charge in [-0.3, -0.25) is 4.79 Å². The molecule has 1 aromatic carbocycles. The van der Waals surface area contributed by atoms with Crippen molar-refractivity contribution in [2.45, 2.75) is 18.9 Å². The number of pyridine rings is 1. The van der Waals surface area contributed by atoms with Crippen molar-refractivity contribution in [3.63, 3.8) is 0 Å². The molecule has 10 heteroatoms. The minimum Gasteiger partial charge on any atom is -0.477 e. The van der Waals surface area contributed by atoms with Crippen molar-refractivity contribution in [3.05, 3.63) is 39.7 Å². The van der Waals surface area contributed by atoms with Crippen LogP contribution in [0.25, 0.3) is 10.9 Å². The van der Waals surface area contributed by atoms with E-state index < -0.39 is 28.6 Å². The Bertz CT molecular complexity index is 1200. The predicted molar refractivity (Wildman–Crippen MR) is 110 cm³/mol. The number of anilines is 1. The Morgan fingerprint density at radius 1 is 1.29 bits per heavy atom. The first-order valence-electron chi connectivity index (χ1n) is 10.1. The molecule has 1 saturated carbocycles. The zero-order chi connectivity index (χ0) is 22.1. The Labute approximate surface area is 176 Å². The Hall–Kier alpha value is -3.01. The first kappa shape index (κ1) is 19.9. The quantitative estimate of drug-likeness (QED) is 0.745. The van der Waals surface area contributed by atoms with Crippen molar-refractivity contribution in [2.24, 2.45) is 10.6 Å². The summed E-state index contributed by atoms with van der Waals surface area (Å²) in [5, 5.41) is 13.2. The van der Waals surface area contributed by atoms with E-state index in [1.807, 2.05) is 7.05 Å². The molecule has 164 valence electrons. The molecule has 1 spiro atoms. The third-order valence-corrected chi connectivity index (χ3v) is 6.46. The highest BCUT2D eigenvalue weighted by atomic mass is 19.1. The topological polar surface area (TPSA) is 87.4 Å². The van der Waals surface area contributed by atoms with Gasteiger partial charge in [-0.25, -0.2) is 13.6 Å². The fraction of sp³-hybridized carbons (Fsp3) is 0.476. The third-order valence-electron chi connectivity index (χ3n) is 6.46. The summed E-state index contributed by atoms with van der Waals surface area (Å²) in [4.78, 5) is 32.8. The van der Waals surface area contributed by atoms with Gasteiger partial charge in [-0.05, 0) is 26.0 Å². The number of hydrogen-bond acceptors (Lipinski definition) is 6. The van der Waals surface area contributed by atoms with Crippen LogP contribution in [0.1, 0.15) is 29.2 Å². The van der Waals surface area contributed by atoms with Gasteiger partial charge in [0.1, 0.15) is 24.2 Å². The van der Waals surface area contributed by atoms with E-state index in [0.29, 0.717) is 19.6 Å². The van der Waals surface area contributed by atoms with Gasteiger partial charge in [0, 0.05) is 31.9 Å². The number of fused-ring (bicyclic) bond motifs is 1. The molecule has 0 unspecified atom stereocenters. The Morgan fingerprint density at radius 3 is 2.58 bits per heavy atom. The highest BCUT2D eigenvalue weighted by Crippen LogP contribution is 2.43. The van der Waals surface area contributed by atoms with Crippen LogP contribution in [0.5, 0.6) is 0 Å². The number of oxime groups is 1. The zero-order valence-electron chi connectivity index (χ0n) is 17.2. The number of aromatic nitrogens is 1. The smallest absolute Gasteiger partial charge is 0.341 e. The van der Waals surface area contributed by atoms with E-state index >= 15 is 8.78 Å². The molecule has 0 atom stereocenters. The van der Waals surface area contributed by atoms with Gasteiger partial charge >= 0.3 is 5.97 Å². The van der Waals surface area contributed by atoms with Crippen LogP contribution in [0.3, 0.4) is 0 Å². The summed E-state index contributed by atoms with van der Waals surface area (Å²) in [6.07, 6.45) is 2.67. The molecule has 2 aromatic rings. The highest BCUT2D eigenvalue weighted by Gasteiger charge is 2.52. The van der Waals surface area contributed by atoms with Gasteiger partial charge < -0.3 is 24.3 Å². The van der Waals surface area contributed by atoms with E-state index in [1.165, 1.54) is 17.9 Å². The molecule has 8 nitrogen and oxygen atoms in total. The molecule has 1 aromatic heterocycles. The summed E-state index contributed by atoms with van der Waals surface area (Å²) < 4.78 is 32.5. The lowest BCUT2D eigenvalue weighted by molar-refractivity contribution is 0.0694. The summed E-state index contributed by atoms with van der Waals surface area (Å²) >= 11 is 0. The monoisotopic (exact) mass is 432 g/mol. The first-order chi connectivity index (χ1) is 14.8. The molecule has 0 radical (unpaired) electrons. The fourth-order valence-corrected chi connectivity index (χ4v) is 5.04. The minimum absolute atomic E-state index is 0.0502. The number of likely N-dealkylation sites (tertiary alicyclic amines) is 1. The fourth-order valence-electron chi connectivity index (χ4n) is 5.04. The summed E-state index contributed by atoms with van der Waals surface area (Å²) in [6, 6.07) is 0.858. The van der Waals surface area contributed by atoms with Gasteiger partial charge in [0.15, 0.2) is 5.82 Å². The van der Waals surface area contributed by atoms with Crippen LogP contribution >= 0.6 is 0 Å². The number of halogens is 2. The number of carbonyl (C=O) groups is 1. The average molecular weight is 432 g/mol. The van der Waals surface area contributed by atoms with Gasteiger partial charge in [-0.15, -0.1) is 0 Å². The highest BCUT2D eigenvalue weighted by molar-refractivity contribution is 5.99. The molecule has 1 aliphatic carbocycles. The molecule has 1 N–H and O–H groups in total. The van der Waals surface area contributed by atoms with E-state index in [-0.39, 0.29) is 34.6 Å². The molecule has 3 aliphatic rings. The second kappa shape index (κ2) is 6.74. The van der Waals surface area contributed by atoms with Crippen LogP contribution in [0.4, 0.5) is 14.5 Å². The lowest BCUT2D eigenvalue weighted by Crippen LogP contribution is -2.59. The van der Waals surface area contributed by atoms with E-state index in [0.717, 1.165) is 24.6 Å². The molecule has 3 fully saturated rings. The number of hydrogen-bond donors (Lipinski definition) is 1. The van der Waals surface area contributed by atoms with Gasteiger partial charge in [0.05, 0.1) is 28.6 Å². The van der Waals surface area contributed by atoms with E-state index in [1.54, 1.807) is 4.90 Å². The molecule has 2 saturated heterocycles. The maximum Gasteiger partial charge on any atom is 0.341 e. The Balaban J connectivity index is 1.68. The molecule has 5 rings (SSSR count). The number of aromatic carboxylic acids is 1. The summed E-state index contributed by atoms with van der Waals surface area (Å²) in [5.41, 5.74) is -1.25. The van der Waals surface area contributed by atoms with Crippen LogP contribution in [0.15, 0.2) is 22.2 Å². The van der Waals surface area contributed by atoms with Gasteiger partial charge in [0.2, 0.25) is 5.43 Å². The van der Waals surface area contributed by atoms with Crippen molar-refractivity contribution in [1.29, 1.82) is 0 Å². The molecule has 31 heavy (non-hydrogen) atoms. The van der Waals surface area contributed by atoms with Gasteiger partial charge in [-0.2, -0.15) is 0 Å². The maximum absolute atomic E-state index is 15.8. The van der Waals surface area contributed by atoms with Crippen molar-refractivity contribution in [2.75, 3.05) is 45.2 Å². The molecular formula is C21H22F2N4O4. The average Bonchev–Trinajstić information content (AvgIpc) is 3.46. The van der Waals surface area contributed by atoms with Crippen molar-refractivity contribution >= 4 is 28.3 Å². The Morgan fingerprint density at radius 2 is 2.00 bits per heavy atom. The molecule has 2 aliphatic heterocycles. The standard InChI is InChI=1S/C21H22F2N4O4/c1-25-8-21(9-25)10-26(7-15(21)24-31-2)18-14(22)5-12-17(16(18)23)27(11-3-4-11)6-13(19(12)28)20(29)30/h5-6,11H,3-4,7-10H2,1-2H3,(H,29,30)/b24-15+. The summed E-state index contributed by atoms with van der Waals surface area (Å²) in [7, 11) is 3.40. The number of benzene rings is 1. The summed E-state index contributed by atoms with van der Waals surface area (Å²) in [5.74, 6) is -3.16. The van der Waals surface area contributed by atoms with Crippen LogP contribution < -0.4 is 10.3 Å². The largest absolute Gasteiger partial charge is 0.477 e. The van der Waals surface area contributed by atoms with Gasteiger partial charge in [0.25, 0.3) is 0 Å². The van der Waals surface area contributed by atoms with Crippen LogP contribution in [-0.4, -0.2) is 66.6 Å². The maximum atomic E-state index is 15.8. The van der Waals surface area contributed by atoms with Crippen molar-refractivity contribution < 1.29 is 23.5 Å². The number of rotatable bonds is 4. The number of carboxylic acids is 1. The van der Waals surface area contributed by atoms with Crippen LogP contribution in [0.2, 0.25) is 0 Å². The third kappa shape index (κ3) is 2.92. The molecular weight excluding hydrogens is 410 g/mol. The number of carboxylic acid groups (broad SMARTS) is 1. The zero-order valence-corrected chi connectivity index (χ0v) is 17.2. The van der Waals surface area contributed by atoms with E-state index in [2.05, 4.69) is 10.1 Å². The van der Waals surface area contributed by atoms with Crippen molar-refractivity contribution in [3.8, 4) is 0 Å².